The number of fused-ring (bicyclic) bond motifs is 1. The van der Waals surface area contributed by atoms with E-state index in [9.17, 15) is 0 Å². The highest BCUT2D eigenvalue weighted by molar-refractivity contribution is 5.40. The molecule has 1 saturated heterocycles. The quantitative estimate of drug-likeness (QED) is 0.911. The Morgan fingerprint density at radius 3 is 2.68 bits per heavy atom. The molecule has 4 heteroatoms. The second-order valence-electron chi connectivity index (χ2n) is 7.62. The SMILES string of the molecule is CNC1C=c2nc(C(C)(C)C)n(CC3CCOCC3)c2=CC1. The summed E-state index contributed by atoms with van der Waals surface area (Å²) in [5, 5.41) is 5.82. The van der Waals surface area contributed by atoms with Crippen molar-refractivity contribution in [2.75, 3.05) is 20.3 Å². The Balaban J connectivity index is 2.02. The molecule has 1 unspecified atom stereocenters. The van der Waals surface area contributed by atoms with Crippen LogP contribution >= 0.6 is 0 Å². The average molecular weight is 303 g/mol. The Kier molecular flexibility index (Phi) is 4.42. The van der Waals surface area contributed by atoms with Crippen LogP contribution in [-0.2, 0) is 16.7 Å². The molecule has 122 valence electrons. The molecule has 22 heavy (non-hydrogen) atoms. The van der Waals surface area contributed by atoms with Crippen LogP contribution in [0.3, 0.4) is 0 Å². The number of hydrogen-bond acceptors (Lipinski definition) is 3. The fraction of sp³-hybridized carbons (Fsp3) is 0.722. The Morgan fingerprint density at radius 2 is 2.05 bits per heavy atom. The molecule has 0 spiro atoms. The molecule has 0 radical (unpaired) electrons. The molecule has 2 aliphatic rings. The Hall–Kier alpha value is -1.13. The number of aromatic nitrogens is 2. The van der Waals surface area contributed by atoms with Crippen LogP contribution in [0.2, 0.25) is 0 Å². The minimum absolute atomic E-state index is 0.0688. The van der Waals surface area contributed by atoms with E-state index in [0.29, 0.717) is 12.0 Å². The van der Waals surface area contributed by atoms with E-state index in [4.69, 9.17) is 9.72 Å². The predicted molar refractivity (Wildman–Crippen MR) is 90.1 cm³/mol. The smallest absolute Gasteiger partial charge is 0.115 e. The zero-order chi connectivity index (χ0) is 15.7. The van der Waals surface area contributed by atoms with Crippen LogP contribution in [0.15, 0.2) is 0 Å². The normalized spacial score (nSPS) is 22.8. The van der Waals surface area contributed by atoms with E-state index in [-0.39, 0.29) is 5.41 Å². The van der Waals surface area contributed by atoms with Crippen molar-refractivity contribution >= 4 is 12.2 Å². The van der Waals surface area contributed by atoms with Gasteiger partial charge in [-0.15, -0.1) is 0 Å². The minimum Gasteiger partial charge on any atom is -0.381 e. The van der Waals surface area contributed by atoms with Crippen molar-refractivity contribution < 1.29 is 4.74 Å². The molecule has 1 aromatic heterocycles. The van der Waals surface area contributed by atoms with Gasteiger partial charge in [0.25, 0.3) is 0 Å². The lowest BCUT2D eigenvalue weighted by Crippen LogP contribution is -2.39. The summed E-state index contributed by atoms with van der Waals surface area (Å²) in [6.07, 6.45) is 8.02. The van der Waals surface area contributed by atoms with Gasteiger partial charge in [0.05, 0.1) is 10.7 Å². The highest BCUT2D eigenvalue weighted by Gasteiger charge is 2.25. The Bertz CT molecular complexity index is 633. The number of ether oxygens (including phenoxy) is 1. The third kappa shape index (κ3) is 3.13. The lowest BCUT2D eigenvalue weighted by molar-refractivity contribution is 0.0605. The van der Waals surface area contributed by atoms with Crippen molar-refractivity contribution in [3.8, 4) is 0 Å². The summed E-state index contributed by atoms with van der Waals surface area (Å²) in [6.45, 7) is 9.67. The van der Waals surface area contributed by atoms with Crippen molar-refractivity contribution in [1.29, 1.82) is 0 Å². The molecule has 0 aromatic carbocycles. The van der Waals surface area contributed by atoms with E-state index >= 15 is 0 Å². The Labute approximate surface area is 133 Å². The molecule has 3 rings (SSSR count). The van der Waals surface area contributed by atoms with Crippen molar-refractivity contribution in [3.63, 3.8) is 0 Å². The van der Waals surface area contributed by atoms with Crippen LogP contribution in [0.4, 0.5) is 0 Å². The van der Waals surface area contributed by atoms with E-state index in [2.05, 4.69) is 42.8 Å². The topological polar surface area (TPSA) is 39.1 Å². The maximum atomic E-state index is 5.51. The van der Waals surface area contributed by atoms with E-state index in [1.165, 1.54) is 24.0 Å². The van der Waals surface area contributed by atoms with Crippen LogP contribution in [0.25, 0.3) is 12.2 Å². The molecule has 1 atom stereocenters. The van der Waals surface area contributed by atoms with Gasteiger partial charge in [-0.1, -0.05) is 26.8 Å². The summed E-state index contributed by atoms with van der Waals surface area (Å²) in [5.41, 5.74) is 0.0688. The minimum atomic E-state index is 0.0688. The lowest BCUT2D eigenvalue weighted by Gasteiger charge is -2.26. The molecule has 0 saturated carbocycles. The van der Waals surface area contributed by atoms with Gasteiger partial charge in [0.1, 0.15) is 5.82 Å². The molecule has 1 aliphatic carbocycles. The number of rotatable bonds is 3. The third-order valence-corrected chi connectivity index (χ3v) is 4.78. The van der Waals surface area contributed by atoms with Crippen LogP contribution in [0.5, 0.6) is 0 Å². The van der Waals surface area contributed by atoms with Crippen LogP contribution < -0.4 is 16.0 Å². The second-order valence-corrected chi connectivity index (χ2v) is 7.62. The van der Waals surface area contributed by atoms with Gasteiger partial charge in [0, 0.05) is 31.2 Å². The first-order valence-corrected chi connectivity index (χ1v) is 8.53. The number of nitrogens with zero attached hydrogens (tertiary/aromatic N) is 2. The molecule has 1 fully saturated rings. The van der Waals surface area contributed by atoms with Gasteiger partial charge in [-0.2, -0.15) is 0 Å². The van der Waals surface area contributed by atoms with Gasteiger partial charge >= 0.3 is 0 Å². The molecule has 2 heterocycles. The second kappa shape index (κ2) is 6.17. The fourth-order valence-electron chi connectivity index (χ4n) is 3.46. The Morgan fingerprint density at radius 1 is 1.32 bits per heavy atom. The van der Waals surface area contributed by atoms with Gasteiger partial charge in [0.2, 0.25) is 0 Å². The van der Waals surface area contributed by atoms with Crippen molar-refractivity contribution in [1.82, 2.24) is 14.9 Å². The van der Waals surface area contributed by atoms with Gasteiger partial charge in [-0.3, -0.25) is 0 Å². The summed E-state index contributed by atoms with van der Waals surface area (Å²) < 4.78 is 7.99. The first-order valence-electron chi connectivity index (χ1n) is 8.53. The summed E-state index contributed by atoms with van der Waals surface area (Å²) in [7, 11) is 2.02. The summed E-state index contributed by atoms with van der Waals surface area (Å²) in [5.74, 6) is 1.93. The highest BCUT2D eigenvalue weighted by Crippen LogP contribution is 2.22. The number of hydrogen-bond donors (Lipinski definition) is 1. The van der Waals surface area contributed by atoms with E-state index < -0.39 is 0 Å². The lowest BCUT2D eigenvalue weighted by atomic mass is 9.94. The van der Waals surface area contributed by atoms with Crippen LogP contribution in [-0.4, -0.2) is 35.9 Å². The largest absolute Gasteiger partial charge is 0.381 e. The van der Waals surface area contributed by atoms with Crippen LogP contribution in [0, 0.1) is 5.92 Å². The average Bonchev–Trinajstić information content (AvgIpc) is 2.86. The zero-order valence-corrected chi connectivity index (χ0v) is 14.4. The maximum Gasteiger partial charge on any atom is 0.115 e. The first kappa shape index (κ1) is 15.8. The summed E-state index contributed by atoms with van der Waals surface area (Å²) in [6, 6.07) is 0.409. The van der Waals surface area contributed by atoms with Gasteiger partial charge < -0.3 is 14.6 Å². The molecule has 1 aliphatic heterocycles. The third-order valence-electron chi connectivity index (χ3n) is 4.78. The molecule has 0 bridgehead atoms. The van der Waals surface area contributed by atoms with Crippen molar-refractivity contribution in [2.45, 2.75) is 58.0 Å². The van der Waals surface area contributed by atoms with Gasteiger partial charge in [-0.05, 0) is 38.3 Å². The van der Waals surface area contributed by atoms with E-state index in [0.717, 1.165) is 31.5 Å². The van der Waals surface area contributed by atoms with Gasteiger partial charge in [0.15, 0.2) is 0 Å². The zero-order valence-electron chi connectivity index (χ0n) is 14.4. The molecule has 1 aromatic rings. The fourth-order valence-corrected chi connectivity index (χ4v) is 3.46. The van der Waals surface area contributed by atoms with E-state index in [1.807, 2.05) is 7.05 Å². The molecular formula is C18H29N3O. The summed E-state index contributed by atoms with van der Waals surface area (Å²) >= 11 is 0. The number of nitrogens with one attached hydrogen (secondary N) is 1. The van der Waals surface area contributed by atoms with E-state index in [1.54, 1.807) is 0 Å². The molecule has 0 amide bonds. The first-order chi connectivity index (χ1) is 10.5. The van der Waals surface area contributed by atoms with Crippen LogP contribution in [0.1, 0.15) is 45.9 Å². The molecular weight excluding hydrogens is 274 g/mol. The van der Waals surface area contributed by atoms with Crippen molar-refractivity contribution in [3.05, 3.63) is 16.5 Å². The molecule has 1 N–H and O–H groups in total. The van der Waals surface area contributed by atoms with Gasteiger partial charge in [-0.25, -0.2) is 4.98 Å². The highest BCUT2D eigenvalue weighted by atomic mass is 16.5. The summed E-state index contributed by atoms with van der Waals surface area (Å²) in [4.78, 5) is 4.99. The van der Waals surface area contributed by atoms with Crippen molar-refractivity contribution in [2.24, 2.45) is 5.92 Å². The standard InChI is InChI=1S/C18H29N3O/c1-18(2,3)17-20-15-11-14(19-4)5-6-16(15)21(17)12-13-7-9-22-10-8-13/h6,11,13-14,19H,5,7-10,12H2,1-4H3. The molecule has 4 nitrogen and oxygen atoms in total. The number of imidazole rings is 1. The monoisotopic (exact) mass is 303 g/mol. The predicted octanol–water partition coefficient (Wildman–Crippen LogP) is 1.16. The maximum absolute atomic E-state index is 5.51.